The third-order valence-electron chi connectivity index (χ3n) is 3.19. The summed E-state index contributed by atoms with van der Waals surface area (Å²) in [5.41, 5.74) is 10.5. The van der Waals surface area contributed by atoms with Gasteiger partial charge in [-0.05, 0) is 22.8 Å². The molecule has 17 heavy (non-hydrogen) atoms. The van der Waals surface area contributed by atoms with Crippen molar-refractivity contribution in [3.8, 4) is 16.9 Å². The highest BCUT2D eigenvalue weighted by molar-refractivity contribution is 5.73. The van der Waals surface area contributed by atoms with Gasteiger partial charge in [-0.15, -0.1) is 0 Å². The molecule has 0 bridgehead atoms. The SMILES string of the molecule is NCc1cccc(-c2cccc3c2OCC3)c1. The van der Waals surface area contributed by atoms with Crippen molar-refractivity contribution in [1.29, 1.82) is 0 Å². The van der Waals surface area contributed by atoms with E-state index in [2.05, 4.69) is 30.3 Å². The molecule has 2 heteroatoms. The maximum absolute atomic E-state index is 5.73. The minimum absolute atomic E-state index is 0.573. The normalized spacial score (nSPS) is 13.2. The van der Waals surface area contributed by atoms with Crippen molar-refractivity contribution in [3.05, 3.63) is 53.6 Å². The van der Waals surface area contributed by atoms with Crippen LogP contribution < -0.4 is 10.5 Å². The molecule has 0 spiro atoms. The van der Waals surface area contributed by atoms with E-state index in [4.69, 9.17) is 10.5 Å². The number of hydrogen-bond donors (Lipinski definition) is 1. The molecule has 1 heterocycles. The first-order valence-electron chi connectivity index (χ1n) is 5.92. The van der Waals surface area contributed by atoms with Gasteiger partial charge in [-0.2, -0.15) is 0 Å². The lowest BCUT2D eigenvalue weighted by molar-refractivity contribution is 0.358. The van der Waals surface area contributed by atoms with E-state index in [9.17, 15) is 0 Å². The van der Waals surface area contributed by atoms with Gasteiger partial charge in [0.1, 0.15) is 5.75 Å². The quantitative estimate of drug-likeness (QED) is 0.853. The average molecular weight is 225 g/mol. The van der Waals surface area contributed by atoms with Gasteiger partial charge >= 0.3 is 0 Å². The van der Waals surface area contributed by atoms with Crippen LogP contribution in [-0.4, -0.2) is 6.61 Å². The van der Waals surface area contributed by atoms with Crippen LogP contribution in [0.15, 0.2) is 42.5 Å². The molecule has 2 N–H and O–H groups in total. The predicted octanol–water partition coefficient (Wildman–Crippen LogP) is 2.75. The Morgan fingerprint density at radius 1 is 1.12 bits per heavy atom. The van der Waals surface area contributed by atoms with Crippen molar-refractivity contribution in [2.45, 2.75) is 13.0 Å². The summed E-state index contributed by atoms with van der Waals surface area (Å²) in [7, 11) is 0. The van der Waals surface area contributed by atoms with Gasteiger partial charge in [0.25, 0.3) is 0 Å². The zero-order chi connectivity index (χ0) is 11.7. The van der Waals surface area contributed by atoms with E-state index in [-0.39, 0.29) is 0 Å². The Labute approximate surface area is 101 Å². The van der Waals surface area contributed by atoms with E-state index in [1.54, 1.807) is 0 Å². The third kappa shape index (κ3) is 1.81. The molecule has 0 atom stereocenters. The van der Waals surface area contributed by atoms with Crippen LogP contribution in [0, 0.1) is 0 Å². The Morgan fingerprint density at radius 3 is 2.88 bits per heavy atom. The van der Waals surface area contributed by atoms with Gasteiger partial charge in [-0.1, -0.05) is 36.4 Å². The molecule has 0 aromatic heterocycles. The largest absolute Gasteiger partial charge is 0.492 e. The summed E-state index contributed by atoms with van der Waals surface area (Å²) in [4.78, 5) is 0. The average Bonchev–Trinajstić information content (AvgIpc) is 2.87. The summed E-state index contributed by atoms with van der Waals surface area (Å²) in [6.07, 6.45) is 1.01. The van der Waals surface area contributed by atoms with Gasteiger partial charge in [-0.25, -0.2) is 0 Å². The van der Waals surface area contributed by atoms with Crippen molar-refractivity contribution in [2.75, 3.05) is 6.61 Å². The van der Waals surface area contributed by atoms with E-state index < -0.39 is 0 Å². The number of hydrogen-bond acceptors (Lipinski definition) is 2. The Kier molecular flexibility index (Phi) is 2.57. The first-order chi connectivity index (χ1) is 8.38. The molecule has 3 rings (SSSR count). The number of rotatable bonds is 2. The van der Waals surface area contributed by atoms with Crippen LogP contribution in [0.2, 0.25) is 0 Å². The molecule has 0 saturated carbocycles. The van der Waals surface area contributed by atoms with Gasteiger partial charge in [0.2, 0.25) is 0 Å². The van der Waals surface area contributed by atoms with Crippen LogP contribution in [0.4, 0.5) is 0 Å². The Bertz CT molecular complexity index is 548. The van der Waals surface area contributed by atoms with Crippen LogP contribution in [0.3, 0.4) is 0 Å². The molecular formula is C15H15NO. The monoisotopic (exact) mass is 225 g/mol. The van der Waals surface area contributed by atoms with Crippen molar-refractivity contribution in [2.24, 2.45) is 5.73 Å². The molecule has 1 aliphatic rings. The van der Waals surface area contributed by atoms with Crippen LogP contribution in [0.25, 0.3) is 11.1 Å². The number of para-hydroxylation sites is 1. The molecule has 86 valence electrons. The van der Waals surface area contributed by atoms with Gasteiger partial charge in [0.05, 0.1) is 6.61 Å². The fraction of sp³-hybridized carbons (Fsp3) is 0.200. The van der Waals surface area contributed by atoms with Crippen molar-refractivity contribution in [3.63, 3.8) is 0 Å². The van der Waals surface area contributed by atoms with E-state index in [1.807, 2.05) is 12.1 Å². The first kappa shape index (κ1) is 10.4. The lowest BCUT2D eigenvalue weighted by atomic mass is 9.99. The molecule has 2 aromatic rings. The van der Waals surface area contributed by atoms with Crippen LogP contribution >= 0.6 is 0 Å². The summed E-state index contributed by atoms with van der Waals surface area (Å²) in [5, 5.41) is 0. The maximum Gasteiger partial charge on any atom is 0.130 e. The van der Waals surface area contributed by atoms with Gasteiger partial charge in [-0.3, -0.25) is 0 Å². The summed E-state index contributed by atoms with van der Waals surface area (Å²) in [5.74, 6) is 1.04. The highest BCUT2D eigenvalue weighted by Crippen LogP contribution is 2.36. The molecule has 0 radical (unpaired) electrons. The number of fused-ring (bicyclic) bond motifs is 1. The standard InChI is InChI=1S/C15H15NO/c16-10-11-3-1-5-13(9-11)14-6-2-4-12-7-8-17-15(12)14/h1-6,9H,7-8,10,16H2. The zero-order valence-corrected chi connectivity index (χ0v) is 9.65. The minimum Gasteiger partial charge on any atom is -0.492 e. The summed E-state index contributed by atoms with van der Waals surface area (Å²) in [6, 6.07) is 14.7. The van der Waals surface area contributed by atoms with Gasteiger partial charge in [0, 0.05) is 18.5 Å². The molecule has 1 aliphatic heterocycles. The van der Waals surface area contributed by atoms with Crippen LogP contribution in [-0.2, 0) is 13.0 Å². The van der Waals surface area contributed by atoms with E-state index in [0.717, 1.165) is 24.3 Å². The molecule has 2 aromatic carbocycles. The fourth-order valence-electron chi connectivity index (χ4n) is 2.31. The molecule has 2 nitrogen and oxygen atoms in total. The first-order valence-corrected chi connectivity index (χ1v) is 5.92. The Balaban J connectivity index is 2.12. The molecule has 0 saturated heterocycles. The fourth-order valence-corrected chi connectivity index (χ4v) is 2.31. The Hall–Kier alpha value is -1.80. The van der Waals surface area contributed by atoms with Crippen molar-refractivity contribution in [1.82, 2.24) is 0 Å². The topological polar surface area (TPSA) is 35.2 Å². The third-order valence-corrected chi connectivity index (χ3v) is 3.19. The molecular weight excluding hydrogens is 210 g/mol. The number of nitrogens with two attached hydrogens (primary N) is 1. The second-order valence-electron chi connectivity index (χ2n) is 4.30. The van der Waals surface area contributed by atoms with Gasteiger partial charge in [0.15, 0.2) is 0 Å². The Morgan fingerprint density at radius 2 is 2.00 bits per heavy atom. The highest BCUT2D eigenvalue weighted by Gasteiger charge is 2.16. The highest BCUT2D eigenvalue weighted by atomic mass is 16.5. The van der Waals surface area contributed by atoms with Crippen LogP contribution in [0.5, 0.6) is 5.75 Å². The zero-order valence-electron chi connectivity index (χ0n) is 9.65. The summed E-state index contributed by atoms with van der Waals surface area (Å²) < 4.78 is 5.73. The maximum atomic E-state index is 5.73. The second kappa shape index (κ2) is 4.22. The predicted molar refractivity (Wildman–Crippen MR) is 69.0 cm³/mol. The van der Waals surface area contributed by atoms with Crippen LogP contribution in [0.1, 0.15) is 11.1 Å². The number of benzene rings is 2. The lowest BCUT2D eigenvalue weighted by Gasteiger charge is -2.09. The summed E-state index contributed by atoms with van der Waals surface area (Å²) >= 11 is 0. The minimum atomic E-state index is 0.573. The lowest BCUT2D eigenvalue weighted by Crippen LogP contribution is -1.96. The molecule has 0 aliphatic carbocycles. The molecule has 0 amide bonds. The van der Waals surface area contributed by atoms with E-state index in [1.165, 1.54) is 16.7 Å². The van der Waals surface area contributed by atoms with E-state index >= 15 is 0 Å². The molecule has 0 fully saturated rings. The van der Waals surface area contributed by atoms with E-state index in [0.29, 0.717) is 6.54 Å². The van der Waals surface area contributed by atoms with Crippen molar-refractivity contribution >= 4 is 0 Å². The van der Waals surface area contributed by atoms with Crippen molar-refractivity contribution < 1.29 is 4.74 Å². The second-order valence-corrected chi connectivity index (χ2v) is 4.30. The van der Waals surface area contributed by atoms with Gasteiger partial charge < -0.3 is 10.5 Å². The smallest absolute Gasteiger partial charge is 0.130 e. The number of ether oxygens (including phenoxy) is 1. The summed E-state index contributed by atoms with van der Waals surface area (Å²) in [6.45, 7) is 1.37. The molecule has 0 unspecified atom stereocenters.